The summed E-state index contributed by atoms with van der Waals surface area (Å²) in [4.78, 5) is 4.20. The number of pyridine rings is 1. The van der Waals surface area contributed by atoms with Crippen molar-refractivity contribution in [2.75, 3.05) is 0 Å². The Labute approximate surface area is 189 Å². The number of benzene rings is 3. The first-order chi connectivity index (χ1) is 15.9. The van der Waals surface area contributed by atoms with Gasteiger partial charge in [-0.15, -0.1) is 0 Å². The molecule has 2 aromatic heterocycles. The molecule has 33 heavy (non-hydrogen) atoms. The molecular formula is C26H18F2N2O2S. The lowest BCUT2D eigenvalue weighted by Gasteiger charge is -2.13. The van der Waals surface area contributed by atoms with E-state index in [-0.39, 0.29) is 10.6 Å². The van der Waals surface area contributed by atoms with Crippen molar-refractivity contribution in [3.63, 3.8) is 0 Å². The Balaban J connectivity index is 1.85. The summed E-state index contributed by atoms with van der Waals surface area (Å²) in [6.45, 7) is 1.95. The molecule has 0 aliphatic carbocycles. The molecule has 0 radical (unpaired) electrons. The van der Waals surface area contributed by atoms with Gasteiger partial charge in [0.1, 0.15) is 11.6 Å². The van der Waals surface area contributed by atoms with E-state index in [2.05, 4.69) is 4.98 Å². The maximum absolute atomic E-state index is 14.8. The smallest absolute Gasteiger partial charge is 0.264 e. The van der Waals surface area contributed by atoms with Gasteiger partial charge in [0.25, 0.3) is 10.0 Å². The van der Waals surface area contributed by atoms with Crippen molar-refractivity contribution >= 4 is 20.9 Å². The van der Waals surface area contributed by atoms with Crippen LogP contribution in [0.4, 0.5) is 8.78 Å². The first-order valence-electron chi connectivity index (χ1n) is 10.2. The minimum atomic E-state index is -4.15. The molecule has 7 heteroatoms. The Hall–Kier alpha value is -3.84. The van der Waals surface area contributed by atoms with Crippen molar-refractivity contribution in [3.8, 4) is 22.4 Å². The second-order valence-electron chi connectivity index (χ2n) is 7.67. The van der Waals surface area contributed by atoms with Crippen LogP contribution in [0.1, 0.15) is 5.56 Å². The zero-order chi connectivity index (χ0) is 23.2. The van der Waals surface area contributed by atoms with Gasteiger partial charge in [-0.05, 0) is 66.6 Å². The second-order valence-corrected chi connectivity index (χ2v) is 9.46. The molecule has 0 saturated heterocycles. The van der Waals surface area contributed by atoms with Gasteiger partial charge in [0, 0.05) is 23.3 Å². The van der Waals surface area contributed by atoms with Crippen LogP contribution in [0.3, 0.4) is 0 Å². The predicted octanol–water partition coefficient (Wildman–Crippen LogP) is 6.19. The van der Waals surface area contributed by atoms with Crippen LogP contribution in [0, 0.1) is 18.6 Å². The highest BCUT2D eigenvalue weighted by molar-refractivity contribution is 7.90. The second kappa shape index (κ2) is 7.94. The number of aryl methyl sites for hydroxylation is 1. The quantitative estimate of drug-likeness (QED) is 0.321. The molecule has 0 N–H and O–H groups in total. The first-order valence-corrected chi connectivity index (χ1v) is 11.6. The van der Waals surface area contributed by atoms with Crippen LogP contribution in [0.25, 0.3) is 33.3 Å². The van der Waals surface area contributed by atoms with E-state index < -0.39 is 27.2 Å². The van der Waals surface area contributed by atoms with E-state index in [0.717, 1.165) is 32.8 Å². The Kier molecular flexibility index (Phi) is 5.06. The number of nitrogens with zero attached hydrogens (tertiary/aromatic N) is 2. The summed E-state index contributed by atoms with van der Waals surface area (Å²) in [5.41, 5.74) is 2.55. The molecule has 164 valence electrons. The number of hydrogen-bond acceptors (Lipinski definition) is 3. The lowest BCUT2D eigenvalue weighted by molar-refractivity contribution is 0.583. The highest BCUT2D eigenvalue weighted by Crippen LogP contribution is 2.37. The topological polar surface area (TPSA) is 52.0 Å². The van der Waals surface area contributed by atoms with Crippen molar-refractivity contribution in [2.24, 2.45) is 0 Å². The third-order valence-corrected chi connectivity index (χ3v) is 7.35. The van der Waals surface area contributed by atoms with Gasteiger partial charge >= 0.3 is 0 Å². The van der Waals surface area contributed by atoms with Crippen molar-refractivity contribution in [3.05, 3.63) is 108 Å². The average Bonchev–Trinajstić information content (AvgIpc) is 3.19. The summed E-state index contributed by atoms with van der Waals surface area (Å²) in [5.74, 6) is -1.68. The van der Waals surface area contributed by atoms with E-state index in [1.807, 2.05) is 13.0 Å². The zero-order valence-electron chi connectivity index (χ0n) is 17.5. The zero-order valence-corrected chi connectivity index (χ0v) is 18.4. The van der Waals surface area contributed by atoms with E-state index >= 15 is 0 Å². The van der Waals surface area contributed by atoms with Gasteiger partial charge in [-0.3, -0.25) is 4.98 Å². The lowest BCUT2D eigenvalue weighted by atomic mass is 10.0. The minimum absolute atomic E-state index is 0.0210. The monoisotopic (exact) mass is 460 g/mol. The maximum Gasteiger partial charge on any atom is 0.268 e. The molecule has 0 unspecified atom stereocenters. The molecule has 5 aromatic rings. The molecule has 3 aromatic carbocycles. The van der Waals surface area contributed by atoms with E-state index in [1.54, 1.807) is 48.8 Å². The van der Waals surface area contributed by atoms with Gasteiger partial charge in [0.15, 0.2) is 0 Å². The number of aromatic nitrogens is 2. The third kappa shape index (κ3) is 3.50. The van der Waals surface area contributed by atoms with Crippen LogP contribution in [0.5, 0.6) is 0 Å². The van der Waals surface area contributed by atoms with Crippen molar-refractivity contribution in [1.82, 2.24) is 8.96 Å². The molecule has 5 rings (SSSR count). The van der Waals surface area contributed by atoms with Gasteiger partial charge in [-0.25, -0.2) is 21.2 Å². The van der Waals surface area contributed by atoms with Gasteiger partial charge in [-0.1, -0.05) is 30.3 Å². The normalized spacial score (nSPS) is 11.7. The molecule has 4 nitrogen and oxygen atoms in total. The number of rotatable bonds is 4. The number of fused-ring (bicyclic) bond motifs is 1. The molecule has 0 saturated carbocycles. The fourth-order valence-electron chi connectivity index (χ4n) is 4.00. The molecule has 0 fully saturated rings. The number of halogens is 2. The van der Waals surface area contributed by atoms with Crippen LogP contribution < -0.4 is 0 Å². The van der Waals surface area contributed by atoms with Crippen LogP contribution >= 0.6 is 0 Å². The number of hydrogen-bond donors (Lipinski definition) is 0. The summed E-state index contributed by atoms with van der Waals surface area (Å²) in [5, 5.41) is 0.535. The summed E-state index contributed by atoms with van der Waals surface area (Å²) in [6, 6.07) is 19.9. The molecule has 0 aliphatic rings. The Bertz CT molecular complexity index is 1590. The Morgan fingerprint density at radius 1 is 0.848 bits per heavy atom. The summed E-state index contributed by atoms with van der Waals surface area (Å²) >= 11 is 0. The van der Waals surface area contributed by atoms with E-state index in [9.17, 15) is 17.2 Å². The fraction of sp³-hybridized carbons (Fsp3) is 0.0385. The van der Waals surface area contributed by atoms with E-state index in [0.29, 0.717) is 10.9 Å². The fourth-order valence-corrected chi connectivity index (χ4v) is 5.54. The standard InChI is InChI=1S/C26H18F2N2O2S/c1-17-12-13-29-16-21(17)18-10-11-24-19(14-18)15-25(26-22(27)8-5-9-23(26)28)30(24)33(31,32)20-6-3-2-4-7-20/h2-16H,1H3. The van der Waals surface area contributed by atoms with Crippen LogP contribution in [0.15, 0.2) is 96.2 Å². The average molecular weight is 461 g/mol. The van der Waals surface area contributed by atoms with Gasteiger partial charge < -0.3 is 0 Å². The Morgan fingerprint density at radius 2 is 1.58 bits per heavy atom. The van der Waals surface area contributed by atoms with Crippen LogP contribution in [-0.4, -0.2) is 17.4 Å². The minimum Gasteiger partial charge on any atom is -0.264 e. The first kappa shape index (κ1) is 21.0. The molecule has 2 heterocycles. The largest absolute Gasteiger partial charge is 0.268 e. The van der Waals surface area contributed by atoms with Gasteiger partial charge in [0.2, 0.25) is 0 Å². The van der Waals surface area contributed by atoms with Crippen molar-refractivity contribution < 1.29 is 17.2 Å². The highest BCUT2D eigenvalue weighted by Gasteiger charge is 2.27. The third-order valence-electron chi connectivity index (χ3n) is 5.61. The SMILES string of the molecule is Cc1ccncc1-c1ccc2c(c1)cc(-c1c(F)cccc1F)n2S(=O)(=O)c1ccccc1. The summed E-state index contributed by atoms with van der Waals surface area (Å²) in [6.07, 6.45) is 3.42. The molecule has 0 atom stereocenters. The van der Waals surface area contributed by atoms with E-state index in [1.165, 1.54) is 24.3 Å². The van der Waals surface area contributed by atoms with Crippen molar-refractivity contribution in [1.29, 1.82) is 0 Å². The van der Waals surface area contributed by atoms with Crippen molar-refractivity contribution in [2.45, 2.75) is 11.8 Å². The molecule has 0 spiro atoms. The molecule has 0 bridgehead atoms. The van der Waals surface area contributed by atoms with Gasteiger partial charge in [0.05, 0.1) is 21.7 Å². The summed E-state index contributed by atoms with van der Waals surface area (Å²) in [7, 11) is -4.15. The lowest BCUT2D eigenvalue weighted by Crippen LogP contribution is -2.14. The summed E-state index contributed by atoms with van der Waals surface area (Å²) < 4.78 is 57.9. The molecule has 0 aliphatic heterocycles. The molecule has 0 amide bonds. The van der Waals surface area contributed by atoms with Gasteiger partial charge in [-0.2, -0.15) is 0 Å². The highest BCUT2D eigenvalue weighted by atomic mass is 32.2. The van der Waals surface area contributed by atoms with Crippen LogP contribution in [0.2, 0.25) is 0 Å². The molecular weight excluding hydrogens is 442 g/mol. The van der Waals surface area contributed by atoms with E-state index in [4.69, 9.17) is 0 Å². The Morgan fingerprint density at radius 3 is 2.27 bits per heavy atom. The predicted molar refractivity (Wildman–Crippen MR) is 124 cm³/mol. The maximum atomic E-state index is 14.8. The van der Waals surface area contributed by atoms with Crippen LogP contribution in [-0.2, 0) is 10.0 Å².